The van der Waals surface area contributed by atoms with E-state index in [1.807, 2.05) is 19.2 Å². The average Bonchev–Trinajstić information content (AvgIpc) is 3.13. The highest BCUT2D eigenvalue weighted by atomic mass is 35.5. The molecule has 1 fully saturated rings. The van der Waals surface area contributed by atoms with Crippen LogP contribution in [-0.4, -0.2) is 58.8 Å². The quantitative estimate of drug-likeness (QED) is 0.614. The molecule has 2 unspecified atom stereocenters. The van der Waals surface area contributed by atoms with Crippen molar-refractivity contribution < 1.29 is 24.2 Å². The minimum atomic E-state index is -0.995. The number of quaternary nitrogens is 1. The first-order valence-electron chi connectivity index (χ1n) is 11.5. The third-order valence-electron chi connectivity index (χ3n) is 7.42. The summed E-state index contributed by atoms with van der Waals surface area (Å²) in [5.41, 5.74) is 3.56. The van der Waals surface area contributed by atoms with Crippen molar-refractivity contribution in [3.63, 3.8) is 0 Å². The second-order valence-corrected chi connectivity index (χ2v) is 10.4. The van der Waals surface area contributed by atoms with Gasteiger partial charge < -0.3 is 5.11 Å². The van der Waals surface area contributed by atoms with Gasteiger partial charge in [-0.2, -0.15) is 0 Å². The molecule has 176 valence electrons. The predicted octanol–water partition coefficient (Wildman–Crippen LogP) is 4.78. The number of hydrogen-bond acceptors (Lipinski definition) is 4. The van der Waals surface area contributed by atoms with Gasteiger partial charge in [-0.1, -0.05) is 48.0 Å². The number of benzene rings is 2. The van der Waals surface area contributed by atoms with Crippen molar-refractivity contribution in [3.8, 4) is 0 Å². The van der Waals surface area contributed by atoms with E-state index in [2.05, 4.69) is 55.1 Å². The molecular weight excluding hydrogens is 440 g/mol. The van der Waals surface area contributed by atoms with Crippen LogP contribution < -0.4 is 0 Å². The number of likely N-dealkylation sites (N-methyl/N-ethyl adjacent to an activating group) is 1. The summed E-state index contributed by atoms with van der Waals surface area (Å²) in [6.07, 6.45) is 0.653. The molecule has 2 aromatic carbocycles. The van der Waals surface area contributed by atoms with Crippen molar-refractivity contribution in [2.75, 3.05) is 26.7 Å². The van der Waals surface area contributed by atoms with E-state index >= 15 is 0 Å². The Bertz CT molecular complexity index is 1040. The molecular formula is C26H32ClN2O4+. The van der Waals surface area contributed by atoms with Gasteiger partial charge in [0, 0.05) is 17.0 Å². The maximum Gasteiger partial charge on any atom is 0.367 e. The Morgan fingerprint density at radius 2 is 1.88 bits per heavy atom. The monoisotopic (exact) mass is 471 g/mol. The number of carboxylic acids is 1. The fourth-order valence-electron chi connectivity index (χ4n) is 5.24. The minimum Gasteiger partial charge on any atom is -0.481 e. The number of nitrogens with zero attached hydrogens (tertiary/aromatic N) is 2. The van der Waals surface area contributed by atoms with Crippen LogP contribution in [-0.2, 0) is 14.4 Å². The number of hydroxylamine groups is 3. The molecule has 2 aromatic rings. The summed E-state index contributed by atoms with van der Waals surface area (Å²) in [6.45, 7) is 6.35. The van der Waals surface area contributed by atoms with E-state index in [1.54, 1.807) is 0 Å². The van der Waals surface area contributed by atoms with Crippen LogP contribution in [0.4, 0.5) is 0 Å². The predicted molar refractivity (Wildman–Crippen MR) is 127 cm³/mol. The van der Waals surface area contributed by atoms with Crippen LogP contribution in [0.25, 0.3) is 0 Å². The lowest BCUT2D eigenvalue weighted by molar-refractivity contribution is -1.11. The van der Waals surface area contributed by atoms with Gasteiger partial charge in [0.2, 0.25) is 0 Å². The first-order chi connectivity index (χ1) is 15.6. The van der Waals surface area contributed by atoms with Gasteiger partial charge in [-0.3, -0.25) is 14.5 Å². The lowest BCUT2D eigenvalue weighted by Crippen LogP contribution is -2.69. The second kappa shape index (κ2) is 9.09. The highest BCUT2D eigenvalue weighted by molar-refractivity contribution is 6.30. The van der Waals surface area contributed by atoms with Gasteiger partial charge in [0.1, 0.15) is 19.1 Å². The molecule has 0 amide bonds. The average molecular weight is 472 g/mol. The topological polar surface area (TPSA) is 66.8 Å². The summed E-state index contributed by atoms with van der Waals surface area (Å²) in [4.78, 5) is 31.4. The fourth-order valence-corrected chi connectivity index (χ4v) is 5.42. The number of carboxylic acid groups (broad SMARTS) is 1. The third-order valence-corrected chi connectivity index (χ3v) is 7.65. The van der Waals surface area contributed by atoms with Crippen LogP contribution in [0.2, 0.25) is 5.02 Å². The van der Waals surface area contributed by atoms with Crippen molar-refractivity contribution >= 4 is 23.5 Å². The molecule has 1 saturated heterocycles. The van der Waals surface area contributed by atoms with Crippen molar-refractivity contribution in [2.45, 2.75) is 50.6 Å². The molecule has 7 heteroatoms. The number of aliphatic carboxylic acids is 1. The molecule has 4 rings (SSSR count). The van der Waals surface area contributed by atoms with Gasteiger partial charge in [-0.15, -0.1) is 4.65 Å². The van der Waals surface area contributed by atoms with E-state index in [1.165, 1.54) is 16.7 Å². The van der Waals surface area contributed by atoms with E-state index in [9.17, 15) is 9.59 Å². The summed E-state index contributed by atoms with van der Waals surface area (Å²) in [7, 11) is 1.92. The summed E-state index contributed by atoms with van der Waals surface area (Å²) in [5, 5.41) is 9.61. The van der Waals surface area contributed by atoms with E-state index in [4.69, 9.17) is 21.5 Å². The molecule has 1 heterocycles. The van der Waals surface area contributed by atoms with Crippen LogP contribution in [0.1, 0.15) is 61.8 Å². The number of hydrogen-bond donors (Lipinski definition) is 1. The van der Waals surface area contributed by atoms with Crippen LogP contribution in [0, 0.1) is 0 Å². The first-order valence-corrected chi connectivity index (χ1v) is 11.9. The Morgan fingerprint density at radius 3 is 2.55 bits per heavy atom. The third kappa shape index (κ3) is 4.79. The van der Waals surface area contributed by atoms with Crippen LogP contribution >= 0.6 is 11.6 Å². The lowest BCUT2D eigenvalue weighted by atomic mass is 9.93. The van der Waals surface area contributed by atoms with Crippen molar-refractivity contribution in [2.24, 2.45) is 0 Å². The maximum atomic E-state index is 12.3. The number of piperazine rings is 1. The Kier molecular flexibility index (Phi) is 6.54. The molecule has 0 spiro atoms. The summed E-state index contributed by atoms with van der Waals surface area (Å²) in [6, 6.07) is 17.1. The largest absolute Gasteiger partial charge is 0.481 e. The summed E-state index contributed by atoms with van der Waals surface area (Å²) in [5.74, 6) is -1.14. The standard InChI is InChI=1S/C26H31ClN2O4/c1-26(2)17-28(13-14-29(26,3)33-25(32)12-11-24(30)31)23-16-21(18-7-5-4-6-8-18)20-10-9-19(27)15-22(20)23/h4-10,15,21,23H,11-14,16-17H2,1-3H3/p+1/t21-,23?,29?/m0/s1. The van der Waals surface area contributed by atoms with Gasteiger partial charge in [0.15, 0.2) is 0 Å². The Hall–Kier alpha value is -2.41. The number of carbonyl (C=O) groups excluding carboxylic acids is 1. The minimum absolute atomic E-state index is 0.115. The zero-order valence-corrected chi connectivity index (χ0v) is 20.2. The molecule has 0 saturated carbocycles. The molecule has 1 aliphatic carbocycles. The number of halogens is 1. The fraction of sp³-hybridized carbons (Fsp3) is 0.462. The lowest BCUT2D eigenvalue weighted by Gasteiger charge is -2.51. The molecule has 1 N–H and O–H groups in total. The Balaban J connectivity index is 1.54. The molecule has 1 aliphatic heterocycles. The highest BCUT2D eigenvalue weighted by Crippen LogP contribution is 2.48. The van der Waals surface area contributed by atoms with Gasteiger partial charge in [0.25, 0.3) is 0 Å². The SMILES string of the molecule is CC1(C)CN(C2C[C@@H](c3ccccc3)c3ccc(Cl)cc32)CC[N+]1(C)OC(=O)CCC(=O)O. The molecule has 0 aromatic heterocycles. The van der Waals surface area contributed by atoms with E-state index in [0.29, 0.717) is 12.5 Å². The smallest absolute Gasteiger partial charge is 0.367 e. The number of fused-ring (bicyclic) bond motifs is 1. The zero-order chi connectivity index (χ0) is 23.8. The molecule has 0 radical (unpaired) electrons. The van der Waals surface area contributed by atoms with Crippen molar-refractivity contribution in [1.82, 2.24) is 4.90 Å². The van der Waals surface area contributed by atoms with Gasteiger partial charge in [0.05, 0.1) is 25.9 Å². The molecule has 3 atom stereocenters. The van der Waals surface area contributed by atoms with Crippen LogP contribution in [0.15, 0.2) is 48.5 Å². The van der Waals surface area contributed by atoms with Crippen molar-refractivity contribution in [3.05, 3.63) is 70.2 Å². The Morgan fingerprint density at radius 1 is 1.15 bits per heavy atom. The van der Waals surface area contributed by atoms with Crippen molar-refractivity contribution in [1.29, 1.82) is 0 Å². The summed E-state index contributed by atoms with van der Waals surface area (Å²) >= 11 is 6.41. The first kappa shape index (κ1) is 23.7. The molecule has 0 bridgehead atoms. The number of rotatable bonds is 6. The maximum absolute atomic E-state index is 12.3. The van der Waals surface area contributed by atoms with E-state index in [0.717, 1.165) is 24.5 Å². The second-order valence-electron chi connectivity index (χ2n) is 9.95. The zero-order valence-electron chi connectivity index (χ0n) is 19.5. The molecule has 2 aliphatic rings. The van der Waals surface area contributed by atoms with Gasteiger partial charge in [-0.05, 0) is 49.1 Å². The normalized spacial score (nSPS) is 26.5. The molecule has 6 nitrogen and oxygen atoms in total. The number of carbonyl (C=O) groups is 2. The van der Waals surface area contributed by atoms with Gasteiger partial charge in [-0.25, -0.2) is 4.79 Å². The van der Waals surface area contributed by atoms with E-state index in [-0.39, 0.29) is 29.1 Å². The van der Waals surface area contributed by atoms with Crippen LogP contribution in [0.5, 0.6) is 0 Å². The highest BCUT2D eigenvalue weighted by Gasteiger charge is 2.51. The van der Waals surface area contributed by atoms with Crippen LogP contribution in [0.3, 0.4) is 0 Å². The van der Waals surface area contributed by atoms with Gasteiger partial charge >= 0.3 is 11.9 Å². The molecule has 33 heavy (non-hydrogen) atoms. The summed E-state index contributed by atoms with van der Waals surface area (Å²) < 4.78 is 0.138. The van der Waals surface area contributed by atoms with E-state index < -0.39 is 11.9 Å². The Labute approximate surface area is 200 Å².